The summed E-state index contributed by atoms with van der Waals surface area (Å²) in [6.45, 7) is 1.50. The molecule has 1 aromatic rings. The van der Waals surface area contributed by atoms with Gasteiger partial charge >= 0.3 is 6.18 Å². The van der Waals surface area contributed by atoms with Crippen LogP contribution in [0.4, 0.5) is 13.2 Å². The first-order valence-corrected chi connectivity index (χ1v) is 8.11. The minimum absolute atomic E-state index is 0. The van der Waals surface area contributed by atoms with Gasteiger partial charge in [0, 0.05) is 27.1 Å². The quantitative estimate of drug-likeness (QED) is 0.247. The molecule has 0 saturated heterocycles. The molecule has 0 aromatic heterocycles. The van der Waals surface area contributed by atoms with Crippen molar-refractivity contribution in [3.8, 4) is 11.5 Å². The Balaban J connectivity index is 0.00000625. The Hall–Kier alpha value is -1.39. The van der Waals surface area contributed by atoms with Gasteiger partial charge in [0.15, 0.2) is 5.96 Å². The molecule has 0 radical (unpaired) electrons. The van der Waals surface area contributed by atoms with Crippen molar-refractivity contribution < 1.29 is 22.6 Å². The average molecular weight is 489 g/mol. The number of rotatable bonds is 9. The summed E-state index contributed by atoms with van der Waals surface area (Å²) in [6, 6.07) is 7.29. The molecule has 1 N–H and O–H groups in total. The number of likely N-dealkylation sites (N-methyl/N-ethyl adjacent to an activating group) is 1. The highest BCUT2D eigenvalue weighted by molar-refractivity contribution is 14.0. The van der Waals surface area contributed by atoms with E-state index in [4.69, 9.17) is 9.47 Å². The van der Waals surface area contributed by atoms with E-state index >= 15 is 0 Å². The van der Waals surface area contributed by atoms with Crippen molar-refractivity contribution in [1.82, 2.24) is 10.2 Å². The summed E-state index contributed by atoms with van der Waals surface area (Å²) in [7, 11) is 5.09. The van der Waals surface area contributed by atoms with Gasteiger partial charge < -0.3 is 19.7 Å². The first-order valence-electron chi connectivity index (χ1n) is 8.11. The van der Waals surface area contributed by atoms with Gasteiger partial charge in [-0.05, 0) is 37.1 Å². The molecule has 26 heavy (non-hydrogen) atoms. The highest BCUT2D eigenvalue weighted by Crippen LogP contribution is 2.21. The fourth-order valence-electron chi connectivity index (χ4n) is 2.11. The van der Waals surface area contributed by atoms with Crippen LogP contribution in [-0.4, -0.2) is 57.9 Å². The lowest BCUT2D eigenvalue weighted by Gasteiger charge is -2.22. The van der Waals surface area contributed by atoms with E-state index in [9.17, 15) is 13.2 Å². The first kappa shape index (κ1) is 24.6. The predicted molar refractivity (Wildman–Crippen MR) is 108 cm³/mol. The maximum Gasteiger partial charge on any atom is 0.389 e. The van der Waals surface area contributed by atoms with Crippen LogP contribution in [0.5, 0.6) is 11.5 Å². The van der Waals surface area contributed by atoms with E-state index in [1.54, 1.807) is 14.2 Å². The molecular formula is C17H27F3IN3O2. The van der Waals surface area contributed by atoms with E-state index in [1.165, 1.54) is 0 Å². The molecule has 0 aliphatic rings. The van der Waals surface area contributed by atoms with Gasteiger partial charge in [0.05, 0.1) is 13.7 Å². The van der Waals surface area contributed by atoms with Gasteiger partial charge in [0.25, 0.3) is 0 Å². The highest BCUT2D eigenvalue weighted by atomic mass is 127. The molecule has 0 bridgehead atoms. The molecule has 0 saturated carbocycles. The van der Waals surface area contributed by atoms with Crippen LogP contribution in [0.25, 0.3) is 0 Å². The van der Waals surface area contributed by atoms with E-state index in [1.807, 2.05) is 36.2 Å². The molecule has 0 unspecified atom stereocenters. The van der Waals surface area contributed by atoms with Crippen LogP contribution in [-0.2, 0) is 0 Å². The molecule has 0 aliphatic carbocycles. The molecule has 0 amide bonds. The smallest absolute Gasteiger partial charge is 0.389 e. The molecule has 5 nitrogen and oxygen atoms in total. The Morgan fingerprint density at radius 1 is 1.15 bits per heavy atom. The van der Waals surface area contributed by atoms with Crippen molar-refractivity contribution >= 4 is 29.9 Å². The molecule has 0 atom stereocenters. The van der Waals surface area contributed by atoms with Gasteiger partial charge in [-0.3, -0.25) is 4.99 Å². The average Bonchev–Trinajstić information content (AvgIpc) is 2.57. The monoisotopic (exact) mass is 489 g/mol. The molecular weight excluding hydrogens is 462 g/mol. The molecule has 0 spiro atoms. The number of hydrogen-bond acceptors (Lipinski definition) is 3. The number of ether oxygens (including phenoxy) is 2. The zero-order valence-electron chi connectivity index (χ0n) is 15.3. The third-order valence-corrected chi connectivity index (χ3v) is 3.50. The number of alkyl halides is 3. The number of halogens is 4. The van der Waals surface area contributed by atoms with Crippen LogP contribution in [0, 0.1) is 0 Å². The van der Waals surface area contributed by atoms with Gasteiger partial charge in [0.1, 0.15) is 18.1 Å². The van der Waals surface area contributed by atoms with Crippen LogP contribution in [0.2, 0.25) is 0 Å². The second-order valence-electron chi connectivity index (χ2n) is 5.49. The third-order valence-electron chi connectivity index (χ3n) is 3.50. The molecule has 1 aromatic carbocycles. The number of benzene rings is 1. The molecule has 0 aliphatic heterocycles. The predicted octanol–water partition coefficient (Wildman–Crippen LogP) is 3.93. The summed E-state index contributed by atoms with van der Waals surface area (Å²) >= 11 is 0. The minimum atomic E-state index is -4.09. The number of nitrogens with zero attached hydrogens (tertiary/aromatic N) is 2. The maximum atomic E-state index is 12.1. The van der Waals surface area contributed by atoms with Crippen molar-refractivity contribution in [2.75, 3.05) is 40.9 Å². The molecule has 9 heteroatoms. The lowest BCUT2D eigenvalue weighted by molar-refractivity contribution is -0.135. The summed E-state index contributed by atoms with van der Waals surface area (Å²) in [6.07, 6.45) is -4.29. The fourth-order valence-corrected chi connectivity index (χ4v) is 2.11. The SMILES string of the molecule is CN=C(NCCCCC(F)(F)F)N(C)CCOc1ccc(OC)cc1.I. The molecule has 0 fully saturated rings. The van der Waals surface area contributed by atoms with Crippen molar-refractivity contribution in [3.63, 3.8) is 0 Å². The van der Waals surface area contributed by atoms with Crippen LogP contribution in [0.3, 0.4) is 0 Å². The maximum absolute atomic E-state index is 12.1. The number of aliphatic imine (C=N–C) groups is 1. The number of guanidine groups is 1. The van der Waals surface area contributed by atoms with Crippen molar-refractivity contribution in [3.05, 3.63) is 24.3 Å². The van der Waals surface area contributed by atoms with E-state index in [0.717, 1.165) is 11.5 Å². The van der Waals surface area contributed by atoms with E-state index in [2.05, 4.69) is 10.3 Å². The Labute approximate surface area is 170 Å². The van der Waals surface area contributed by atoms with Crippen molar-refractivity contribution in [1.29, 1.82) is 0 Å². The summed E-state index contributed by atoms with van der Waals surface area (Å²) < 4.78 is 47.0. The van der Waals surface area contributed by atoms with E-state index in [-0.39, 0.29) is 30.4 Å². The molecule has 1 rings (SSSR count). The second-order valence-corrected chi connectivity index (χ2v) is 5.49. The zero-order valence-corrected chi connectivity index (χ0v) is 17.6. The van der Waals surface area contributed by atoms with E-state index in [0.29, 0.717) is 32.1 Å². The Kier molecular flexibility index (Phi) is 12.2. The lowest BCUT2D eigenvalue weighted by Crippen LogP contribution is -2.41. The summed E-state index contributed by atoms with van der Waals surface area (Å²) in [5.74, 6) is 2.13. The highest BCUT2D eigenvalue weighted by Gasteiger charge is 2.25. The van der Waals surface area contributed by atoms with Gasteiger partial charge in [-0.25, -0.2) is 0 Å². The number of hydrogen-bond donors (Lipinski definition) is 1. The largest absolute Gasteiger partial charge is 0.497 e. The van der Waals surface area contributed by atoms with Gasteiger partial charge in [0.2, 0.25) is 0 Å². The van der Waals surface area contributed by atoms with Crippen LogP contribution < -0.4 is 14.8 Å². The van der Waals surface area contributed by atoms with Gasteiger partial charge in [-0.15, -0.1) is 24.0 Å². The standard InChI is InChI=1S/C17H26F3N3O2.HI/c1-21-16(22-11-5-4-10-17(18,19)20)23(2)12-13-25-15-8-6-14(24-3)7-9-15;/h6-9H,4-5,10-13H2,1-3H3,(H,21,22);1H. The zero-order chi connectivity index (χ0) is 18.7. The van der Waals surface area contributed by atoms with Crippen molar-refractivity contribution in [2.45, 2.75) is 25.4 Å². The van der Waals surface area contributed by atoms with E-state index < -0.39 is 12.6 Å². The van der Waals surface area contributed by atoms with Gasteiger partial charge in [-0.1, -0.05) is 0 Å². The normalized spacial score (nSPS) is 11.5. The van der Waals surface area contributed by atoms with Crippen molar-refractivity contribution in [2.24, 2.45) is 4.99 Å². The summed E-state index contributed by atoms with van der Waals surface area (Å²) in [5.41, 5.74) is 0. The summed E-state index contributed by atoms with van der Waals surface area (Å²) in [4.78, 5) is 5.99. The number of nitrogens with one attached hydrogen (secondary N) is 1. The number of unbranched alkanes of at least 4 members (excludes halogenated alkanes) is 1. The number of methoxy groups -OCH3 is 1. The second kappa shape index (κ2) is 12.9. The molecule has 150 valence electrons. The fraction of sp³-hybridized carbons (Fsp3) is 0.588. The minimum Gasteiger partial charge on any atom is -0.497 e. The summed E-state index contributed by atoms with van der Waals surface area (Å²) in [5, 5.41) is 3.06. The Morgan fingerprint density at radius 3 is 2.31 bits per heavy atom. The first-order chi connectivity index (χ1) is 11.9. The van der Waals surface area contributed by atoms with Gasteiger partial charge in [-0.2, -0.15) is 13.2 Å². The Bertz CT molecular complexity index is 525. The lowest BCUT2D eigenvalue weighted by atomic mass is 10.2. The van der Waals surface area contributed by atoms with Crippen LogP contribution >= 0.6 is 24.0 Å². The van der Waals surface area contributed by atoms with Crippen LogP contribution in [0.15, 0.2) is 29.3 Å². The molecule has 0 heterocycles. The van der Waals surface area contributed by atoms with Crippen LogP contribution in [0.1, 0.15) is 19.3 Å². The third kappa shape index (κ3) is 10.6. The topological polar surface area (TPSA) is 46.1 Å². The Morgan fingerprint density at radius 2 is 1.77 bits per heavy atom.